The van der Waals surface area contributed by atoms with Crippen molar-refractivity contribution in [3.63, 3.8) is 0 Å². The summed E-state index contributed by atoms with van der Waals surface area (Å²) in [4.78, 5) is 13.4. The lowest BCUT2D eigenvalue weighted by Gasteiger charge is -2.35. The van der Waals surface area contributed by atoms with Crippen LogP contribution in [0.2, 0.25) is 0 Å². The number of rotatable bonds is 0. The van der Waals surface area contributed by atoms with Crippen molar-refractivity contribution in [3.8, 4) is 0 Å². The minimum atomic E-state index is 0.106. The molecule has 0 spiro atoms. The van der Waals surface area contributed by atoms with Gasteiger partial charge in [-0.25, -0.2) is 0 Å². The van der Waals surface area contributed by atoms with Crippen LogP contribution in [-0.2, 0) is 4.79 Å². The third-order valence-corrected chi connectivity index (χ3v) is 2.78. The minimum absolute atomic E-state index is 0.106. The maximum atomic E-state index is 11.6. The highest BCUT2D eigenvalue weighted by atomic mass is 16.2. The highest BCUT2D eigenvalue weighted by molar-refractivity contribution is 5.96. The monoisotopic (exact) mass is 204 g/mol. The van der Waals surface area contributed by atoms with Crippen molar-refractivity contribution in [1.29, 1.82) is 0 Å². The van der Waals surface area contributed by atoms with E-state index in [4.69, 9.17) is 0 Å². The lowest BCUT2D eigenvalue weighted by molar-refractivity contribution is -0.116. The second-order valence-electron chi connectivity index (χ2n) is 4.14. The van der Waals surface area contributed by atoms with Gasteiger partial charge in [0.15, 0.2) is 0 Å². The van der Waals surface area contributed by atoms with E-state index in [1.165, 1.54) is 5.56 Å². The van der Waals surface area contributed by atoms with Gasteiger partial charge in [0, 0.05) is 13.5 Å². The molecule has 1 amide bonds. The van der Waals surface area contributed by atoms with Gasteiger partial charge >= 0.3 is 0 Å². The van der Waals surface area contributed by atoms with Crippen molar-refractivity contribution in [2.24, 2.45) is 0 Å². The number of nitrogens with one attached hydrogen (secondary N) is 1. The summed E-state index contributed by atoms with van der Waals surface area (Å²) in [6.07, 6.45) is 0. The molecule has 80 valence electrons. The summed E-state index contributed by atoms with van der Waals surface area (Å²) in [6.45, 7) is 6.54. The van der Waals surface area contributed by atoms with E-state index in [1.54, 1.807) is 6.92 Å². The summed E-state index contributed by atoms with van der Waals surface area (Å²) in [5.74, 6) is 0.106. The first-order valence-electron chi connectivity index (χ1n) is 5.24. The van der Waals surface area contributed by atoms with Gasteiger partial charge in [0.25, 0.3) is 0 Å². The molecule has 1 aromatic carbocycles. The molecule has 0 radical (unpaired) electrons. The SMILES string of the molecule is CC(=O)N1c2ccc(C)cc2NC[C@@H]1C. The van der Waals surface area contributed by atoms with Crippen LogP contribution in [0.4, 0.5) is 11.4 Å². The lowest BCUT2D eigenvalue weighted by atomic mass is 10.1. The Hall–Kier alpha value is -1.51. The van der Waals surface area contributed by atoms with Crippen LogP contribution >= 0.6 is 0 Å². The number of fused-ring (bicyclic) bond motifs is 1. The Balaban J connectivity index is 2.48. The number of anilines is 2. The molecule has 3 nitrogen and oxygen atoms in total. The molecule has 0 bridgehead atoms. The number of aryl methyl sites for hydroxylation is 1. The summed E-state index contributed by atoms with van der Waals surface area (Å²) in [5, 5.41) is 3.34. The second-order valence-corrected chi connectivity index (χ2v) is 4.14. The Morgan fingerprint density at radius 1 is 1.53 bits per heavy atom. The third-order valence-electron chi connectivity index (χ3n) is 2.78. The van der Waals surface area contributed by atoms with Crippen LogP contribution in [-0.4, -0.2) is 18.5 Å². The van der Waals surface area contributed by atoms with Gasteiger partial charge in [-0.05, 0) is 31.5 Å². The summed E-state index contributed by atoms with van der Waals surface area (Å²) >= 11 is 0. The zero-order valence-corrected chi connectivity index (χ0v) is 9.37. The Morgan fingerprint density at radius 2 is 2.27 bits per heavy atom. The lowest BCUT2D eigenvalue weighted by Crippen LogP contribution is -2.44. The molecule has 3 heteroatoms. The molecule has 15 heavy (non-hydrogen) atoms. The van der Waals surface area contributed by atoms with E-state index < -0.39 is 0 Å². The van der Waals surface area contributed by atoms with Crippen molar-refractivity contribution in [3.05, 3.63) is 23.8 Å². The summed E-state index contributed by atoms with van der Waals surface area (Å²) in [6, 6.07) is 6.35. The van der Waals surface area contributed by atoms with E-state index in [9.17, 15) is 4.79 Å². The summed E-state index contributed by atoms with van der Waals surface area (Å²) in [5.41, 5.74) is 3.26. The fourth-order valence-electron chi connectivity index (χ4n) is 2.07. The quantitative estimate of drug-likeness (QED) is 0.702. The number of carbonyl (C=O) groups excluding carboxylic acids is 1. The molecule has 1 aliphatic heterocycles. The van der Waals surface area contributed by atoms with E-state index in [-0.39, 0.29) is 11.9 Å². The maximum absolute atomic E-state index is 11.6. The number of amides is 1. The highest BCUT2D eigenvalue weighted by Gasteiger charge is 2.25. The molecule has 0 fully saturated rings. The summed E-state index contributed by atoms with van der Waals surface area (Å²) < 4.78 is 0. The standard InChI is InChI=1S/C12H16N2O/c1-8-4-5-12-11(6-8)13-7-9(2)14(12)10(3)15/h4-6,9,13H,7H2,1-3H3/t9-/m0/s1. The predicted molar refractivity (Wildman–Crippen MR) is 62.3 cm³/mol. The fraction of sp³-hybridized carbons (Fsp3) is 0.417. The largest absolute Gasteiger partial charge is 0.381 e. The highest BCUT2D eigenvalue weighted by Crippen LogP contribution is 2.32. The molecule has 0 aromatic heterocycles. The third kappa shape index (κ3) is 1.69. The van der Waals surface area contributed by atoms with Gasteiger partial charge in [-0.3, -0.25) is 4.79 Å². The Morgan fingerprint density at radius 3 is 2.93 bits per heavy atom. The van der Waals surface area contributed by atoms with E-state index in [1.807, 2.05) is 17.0 Å². The number of carbonyl (C=O) groups is 1. The van der Waals surface area contributed by atoms with E-state index >= 15 is 0 Å². The van der Waals surface area contributed by atoms with Crippen LogP contribution in [0, 0.1) is 6.92 Å². The molecule has 0 aliphatic carbocycles. The molecule has 1 atom stereocenters. The van der Waals surface area contributed by atoms with E-state index in [0.717, 1.165) is 17.9 Å². The van der Waals surface area contributed by atoms with Gasteiger partial charge < -0.3 is 10.2 Å². The van der Waals surface area contributed by atoms with Crippen molar-refractivity contribution >= 4 is 17.3 Å². The van der Waals surface area contributed by atoms with Crippen LogP contribution in [0.25, 0.3) is 0 Å². The van der Waals surface area contributed by atoms with Crippen LogP contribution in [0.5, 0.6) is 0 Å². The first-order valence-corrected chi connectivity index (χ1v) is 5.24. The Kier molecular flexibility index (Phi) is 2.39. The Bertz CT molecular complexity index is 401. The molecule has 1 aliphatic rings. The molecule has 0 saturated carbocycles. The van der Waals surface area contributed by atoms with Crippen LogP contribution in [0.1, 0.15) is 19.4 Å². The molecule has 1 aromatic rings. The number of hydrogen-bond acceptors (Lipinski definition) is 2. The van der Waals surface area contributed by atoms with Crippen molar-refractivity contribution in [1.82, 2.24) is 0 Å². The van der Waals surface area contributed by atoms with Gasteiger partial charge in [0.05, 0.1) is 17.4 Å². The summed E-state index contributed by atoms with van der Waals surface area (Å²) in [7, 11) is 0. The molecular weight excluding hydrogens is 188 g/mol. The zero-order chi connectivity index (χ0) is 11.0. The number of benzene rings is 1. The van der Waals surface area contributed by atoms with E-state index in [0.29, 0.717) is 0 Å². The van der Waals surface area contributed by atoms with Crippen molar-refractivity contribution in [2.75, 3.05) is 16.8 Å². The van der Waals surface area contributed by atoms with Crippen molar-refractivity contribution < 1.29 is 4.79 Å². The molecule has 2 rings (SSSR count). The average molecular weight is 204 g/mol. The van der Waals surface area contributed by atoms with Crippen molar-refractivity contribution in [2.45, 2.75) is 26.8 Å². The smallest absolute Gasteiger partial charge is 0.224 e. The Labute approximate surface area is 90.1 Å². The fourth-order valence-corrected chi connectivity index (χ4v) is 2.07. The normalized spacial score (nSPS) is 19.4. The molecule has 0 saturated heterocycles. The number of nitrogens with zero attached hydrogens (tertiary/aromatic N) is 1. The molecular formula is C12H16N2O. The topological polar surface area (TPSA) is 32.3 Å². The van der Waals surface area contributed by atoms with Gasteiger partial charge in [-0.15, -0.1) is 0 Å². The molecule has 1 N–H and O–H groups in total. The van der Waals surface area contributed by atoms with Gasteiger partial charge in [-0.2, -0.15) is 0 Å². The number of hydrogen-bond donors (Lipinski definition) is 1. The van der Waals surface area contributed by atoms with Gasteiger partial charge in [0.2, 0.25) is 5.91 Å². The zero-order valence-electron chi connectivity index (χ0n) is 9.37. The van der Waals surface area contributed by atoms with Crippen LogP contribution in [0.15, 0.2) is 18.2 Å². The van der Waals surface area contributed by atoms with Gasteiger partial charge in [0.1, 0.15) is 0 Å². The first-order chi connectivity index (χ1) is 7.09. The molecule has 1 heterocycles. The average Bonchev–Trinajstić information content (AvgIpc) is 2.17. The predicted octanol–water partition coefficient (Wildman–Crippen LogP) is 2.16. The van der Waals surface area contributed by atoms with Crippen LogP contribution in [0.3, 0.4) is 0 Å². The maximum Gasteiger partial charge on any atom is 0.224 e. The minimum Gasteiger partial charge on any atom is -0.381 e. The van der Waals surface area contributed by atoms with Crippen LogP contribution < -0.4 is 10.2 Å². The second kappa shape index (κ2) is 3.57. The molecule has 0 unspecified atom stereocenters. The van der Waals surface area contributed by atoms with E-state index in [2.05, 4.69) is 25.2 Å². The first kappa shape index (κ1) is 10.0. The van der Waals surface area contributed by atoms with Gasteiger partial charge in [-0.1, -0.05) is 6.07 Å².